The van der Waals surface area contributed by atoms with Crippen LogP contribution in [0.1, 0.15) is 67.5 Å². The fourth-order valence-corrected chi connectivity index (χ4v) is 7.57. The van der Waals surface area contributed by atoms with Crippen molar-refractivity contribution in [2.45, 2.75) is 38.3 Å². The van der Waals surface area contributed by atoms with Gasteiger partial charge in [-0.3, -0.25) is 14.4 Å². The Bertz CT molecular complexity index is 1770. The lowest BCUT2D eigenvalue weighted by atomic mass is 9.64. The van der Waals surface area contributed by atoms with Gasteiger partial charge >= 0.3 is 0 Å². The Morgan fingerprint density at radius 1 is 0.860 bits per heavy atom. The van der Waals surface area contributed by atoms with E-state index in [-0.39, 0.29) is 17.3 Å². The van der Waals surface area contributed by atoms with E-state index in [0.717, 1.165) is 23.2 Å². The number of carbonyl (C=O) groups excluding carboxylic acids is 3. The Balaban J connectivity index is 1.49. The zero-order chi connectivity index (χ0) is 29.9. The Morgan fingerprint density at radius 3 is 2.21 bits per heavy atom. The molecule has 3 aliphatic rings. The predicted molar refractivity (Wildman–Crippen MR) is 168 cm³/mol. The number of methoxy groups -OCH3 is 1. The molecule has 5 heteroatoms. The molecule has 0 aromatic heterocycles. The average molecular weight is 568 g/mol. The second kappa shape index (κ2) is 10.2. The molecule has 5 nitrogen and oxygen atoms in total. The summed E-state index contributed by atoms with van der Waals surface area (Å²) in [6.45, 7) is 4.34. The van der Waals surface area contributed by atoms with E-state index in [1.807, 2.05) is 89.8 Å². The first kappa shape index (κ1) is 27.1. The van der Waals surface area contributed by atoms with Gasteiger partial charge in [0.2, 0.25) is 0 Å². The summed E-state index contributed by atoms with van der Waals surface area (Å²) < 4.78 is 5.60. The predicted octanol–water partition coefficient (Wildman–Crippen LogP) is 7.21. The van der Waals surface area contributed by atoms with Crippen LogP contribution >= 0.6 is 0 Å². The lowest BCUT2D eigenvalue weighted by molar-refractivity contribution is 0.0665. The Kier molecular flexibility index (Phi) is 6.42. The van der Waals surface area contributed by atoms with Crippen molar-refractivity contribution >= 4 is 29.1 Å². The molecule has 2 heterocycles. The van der Waals surface area contributed by atoms with Crippen LogP contribution in [0.4, 0.5) is 5.69 Å². The van der Waals surface area contributed by atoms with Gasteiger partial charge < -0.3 is 9.64 Å². The number of ketones is 3. The van der Waals surface area contributed by atoms with Crippen molar-refractivity contribution in [1.29, 1.82) is 0 Å². The van der Waals surface area contributed by atoms with Crippen molar-refractivity contribution < 1.29 is 19.1 Å². The van der Waals surface area contributed by atoms with Crippen LogP contribution in [0.15, 0.2) is 103 Å². The van der Waals surface area contributed by atoms with E-state index in [0.29, 0.717) is 28.4 Å². The zero-order valence-electron chi connectivity index (χ0n) is 24.5. The van der Waals surface area contributed by atoms with Gasteiger partial charge in [0, 0.05) is 28.3 Å². The molecule has 4 aromatic rings. The van der Waals surface area contributed by atoms with Gasteiger partial charge in [-0.1, -0.05) is 105 Å². The molecule has 0 radical (unpaired) electrons. The molecule has 0 amide bonds. The quantitative estimate of drug-likeness (QED) is 0.182. The SMILES string of the molecule is COc1cccc([C@H]2[C@H](C(=O)c3ccc(CC(C)C)cc3)N3c4ccccc4C=C[C@H]3C23C(=O)c2ccccc2C3=O)c1. The van der Waals surface area contributed by atoms with E-state index in [9.17, 15) is 14.4 Å². The lowest BCUT2D eigenvalue weighted by Crippen LogP contribution is -2.48. The maximum absolute atomic E-state index is 14.9. The summed E-state index contributed by atoms with van der Waals surface area (Å²) in [5.41, 5.74) is 3.54. The van der Waals surface area contributed by atoms with Crippen molar-refractivity contribution in [2.24, 2.45) is 11.3 Å². The standard InChI is InChI=1S/C38H33NO4/c1-23(2)21-24-15-17-26(18-16-24)35(40)34-33(27-10-8-11-28(22-27)43-3)38(36(41)29-12-5-6-13-30(29)37(38)42)32-20-19-25-9-4-7-14-31(25)39(32)34/h4-20,22-23,32-34H,21H2,1-3H3/t32-,33-,34+/m0/s1. The number of ether oxygens (including phenoxy) is 1. The highest BCUT2D eigenvalue weighted by Crippen LogP contribution is 2.61. The van der Waals surface area contributed by atoms with Gasteiger partial charge in [-0.15, -0.1) is 0 Å². The normalized spacial score (nSPS) is 21.2. The van der Waals surface area contributed by atoms with Gasteiger partial charge in [-0.05, 0) is 47.2 Å². The van der Waals surface area contributed by atoms with Crippen molar-refractivity contribution in [1.82, 2.24) is 0 Å². The minimum atomic E-state index is -1.53. The number of para-hydroxylation sites is 1. The minimum absolute atomic E-state index is 0.118. The highest BCUT2D eigenvalue weighted by atomic mass is 16.5. The molecule has 1 fully saturated rings. The summed E-state index contributed by atoms with van der Waals surface area (Å²) >= 11 is 0. The molecule has 0 unspecified atom stereocenters. The molecule has 214 valence electrons. The van der Waals surface area contributed by atoms with Crippen molar-refractivity contribution in [3.8, 4) is 5.75 Å². The number of hydrogen-bond acceptors (Lipinski definition) is 5. The fourth-order valence-electron chi connectivity index (χ4n) is 7.57. The van der Waals surface area contributed by atoms with Crippen LogP contribution in [0, 0.1) is 11.3 Å². The lowest BCUT2D eigenvalue weighted by Gasteiger charge is -2.37. The fraction of sp³-hybridized carbons (Fsp3) is 0.237. The van der Waals surface area contributed by atoms with Crippen LogP contribution in [-0.2, 0) is 6.42 Å². The Labute approximate surface area is 251 Å². The first-order valence-electron chi connectivity index (χ1n) is 14.9. The van der Waals surface area contributed by atoms with Crippen LogP contribution in [-0.4, -0.2) is 36.5 Å². The molecule has 4 aromatic carbocycles. The van der Waals surface area contributed by atoms with Gasteiger partial charge in [-0.2, -0.15) is 0 Å². The molecule has 0 N–H and O–H groups in total. The Morgan fingerprint density at radius 2 is 1.53 bits per heavy atom. The highest BCUT2D eigenvalue weighted by Gasteiger charge is 2.71. The molecular formula is C38H33NO4. The van der Waals surface area contributed by atoms with Gasteiger partial charge in [0.05, 0.1) is 13.2 Å². The average Bonchev–Trinajstić information content (AvgIpc) is 3.47. The van der Waals surface area contributed by atoms with E-state index < -0.39 is 23.4 Å². The summed E-state index contributed by atoms with van der Waals surface area (Å²) in [4.78, 5) is 46.5. The van der Waals surface area contributed by atoms with Crippen LogP contribution < -0.4 is 9.64 Å². The second-order valence-electron chi connectivity index (χ2n) is 12.2. The van der Waals surface area contributed by atoms with Crippen LogP contribution in [0.3, 0.4) is 0 Å². The highest BCUT2D eigenvalue weighted by molar-refractivity contribution is 6.32. The maximum Gasteiger partial charge on any atom is 0.185 e. The smallest absolute Gasteiger partial charge is 0.185 e. The number of benzene rings is 4. The molecular weight excluding hydrogens is 534 g/mol. The first-order chi connectivity index (χ1) is 20.9. The summed E-state index contributed by atoms with van der Waals surface area (Å²) in [6, 6.07) is 28.8. The van der Waals surface area contributed by atoms with Gasteiger partial charge in [0.1, 0.15) is 17.2 Å². The summed E-state index contributed by atoms with van der Waals surface area (Å²) in [5.74, 6) is -0.253. The molecule has 0 saturated carbocycles. The zero-order valence-corrected chi connectivity index (χ0v) is 24.5. The second-order valence-corrected chi connectivity index (χ2v) is 12.2. The van der Waals surface area contributed by atoms with Crippen LogP contribution in [0.25, 0.3) is 6.08 Å². The number of nitrogens with zero attached hydrogens (tertiary/aromatic N) is 1. The number of fused-ring (bicyclic) bond motifs is 5. The number of anilines is 1. The third-order valence-electron chi connectivity index (χ3n) is 9.32. The first-order valence-corrected chi connectivity index (χ1v) is 14.9. The van der Waals surface area contributed by atoms with Gasteiger partial charge in [0.15, 0.2) is 17.3 Å². The number of rotatable bonds is 6. The molecule has 2 aliphatic heterocycles. The number of Topliss-reactive ketones (excluding diaryl/α,β-unsaturated/α-hetero) is 3. The molecule has 1 spiro atoms. The summed E-state index contributed by atoms with van der Waals surface area (Å²) in [5, 5.41) is 0. The van der Waals surface area contributed by atoms with E-state index in [2.05, 4.69) is 13.8 Å². The monoisotopic (exact) mass is 567 g/mol. The molecule has 7 rings (SSSR count). The largest absolute Gasteiger partial charge is 0.497 e. The molecule has 1 aliphatic carbocycles. The van der Waals surface area contributed by atoms with E-state index in [4.69, 9.17) is 4.74 Å². The van der Waals surface area contributed by atoms with Crippen molar-refractivity contribution in [3.05, 3.63) is 137 Å². The van der Waals surface area contributed by atoms with E-state index in [1.165, 1.54) is 5.56 Å². The summed E-state index contributed by atoms with van der Waals surface area (Å²) in [7, 11) is 1.59. The molecule has 43 heavy (non-hydrogen) atoms. The van der Waals surface area contributed by atoms with E-state index >= 15 is 0 Å². The van der Waals surface area contributed by atoms with Crippen LogP contribution in [0.5, 0.6) is 5.75 Å². The third-order valence-corrected chi connectivity index (χ3v) is 9.32. The number of carbonyl (C=O) groups is 3. The molecule has 1 saturated heterocycles. The summed E-state index contributed by atoms with van der Waals surface area (Å²) in [6.07, 6.45) is 4.86. The molecule has 0 bridgehead atoms. The van der Waals surface area contributed by atoms with Gasteiger partial charge in [-0.25, -0.2) is 0 Å². The number of hydrogen-bond donors (Lipinski definition) is 0. The van der Waals surface area contributed by atoms with Crippen LogP contribution in [0.2, 0.25) is 0 Å². The third kappa shape index (κ3) is 3.94. The topological polar surface area (TPSA) is 63.7 Å². The maximum atomic E-state index is 14.9. The van der Waals surface area contributed by atoms with Crippen molar-refractivity contribution in [2.75, 3.05) is 12.0 Å². The minimum Gasteiger partial charge on any atom is -0.497 e. The van der Waals surface area contributed by atoms with E-state index in [1.54, 1.807) is 31.4 Å². The van der Waals surface area contributed by atoms with Crippen molar-refractivity contribution in [3.63, 3.8) is 0 Å². The molecule has 3 atom stereocenters. The Hall–Kier alpha value is -4.77. The van der Waals surface area contributed by atoms with Gasteiger partial charge in [0.25, 0.3) is 0 Å².